The zero-order valence-corrected chi connectivity index (χ0v) is 28.0. The maximum Gasteiger partial charge on any atom is 0.323 e. The normalized spacial score (nSPS) is 25.8. The molecule has 2 fully saturated rings. The first kappa shape index (κ1) is 34.1. The van der Waals surface area contributed by atoms with Gasteiger partial charge in [-0.1, -0.05) is 42.5 Å². The Bertz CT molecular complexity index is 1370. The highest BCUT2D eigenvalue weighted by Crippen LogP contribution is 2.47. The number of aromatic nitrogens is 2. The molecular weight excluding hydrogens is 610 g/mol. The van der Waals surface area contributed by atoms with E-state index in [9.17, 15) is 9.90 Å². The van der Waals surface area contributed by atoms with Crippen LogP contribution in [-0.2, 0) is 16.1 Å². The summed E-state index contributed by atoms with van der Waals surface area (Å²) in [4.78, 5) is 26.6. The third-order valence-corrected chi connectivity index (χ3v) is 9.83. The van der Waals surface area contributed by atoms with Crippen LogP contribution >= 0.6 is 11.6 Å². The van der Waals surface area contributed by atoms with Crippen molar-refractivity contribution >= 4 is 23.1 Å². The molecule has 11 nitrogen and oxygen atoms in total. The maximum atomic E-state index is 11.8. The first-order chi connectivity index (χ1) is 22.2. The Morgan fingerprint density at radius 2 is 1.76 bits per heavy atom. The van der Waals surface area contributed by atoms with Gasteiger partial charge in [-0.05, 0) is 57.0 Å². The lowest BCUT2D eigenvalue weighted by Crippen LogP contribution is -2.55. The highest BCUT2D eigenvalue weighted by atomic mass is 35.5. The van der Waals surface area contributed by atoms with Crippen molar-refractivity contribution in [1.82, 2.24) is 24.7 Å². The molecule has 0 radical (unpaired) electrons. The quantitative estimate of drug-likeness (QED) is 0.236. The number of carboxylic acids is 1. The first-order valence-corrected chi connectivity index (χ1v) is 16.3. The van der Waals surface area contributed by atoms with Crippen LogP contribution < -0.4 is 14.2 Å². The van der Waals surface area contributed by atoms with Gasteiger partial charge in [-0.25, -0.2) is 0 Å². The summed E-state index contributed by atoms with van der Waals surface area (Å²) >= 11 is 7.50. The number of aliphatic carboxylic acids is 1. The Labute approximate surface area is 276 Å². The monoisotopic (exact) mass is 655 g/mol. The Balaban J connectivity index is 1.37. The second kappa shape index (κ2) is 15.1. The zero-order chi connectivity index (χ0) is 32.7. The van der Waals surface area contributed by atoms with Crippen molar-refractivity contribution in [3.05, 3.63) is 59.7 Å². The van der Waals surface area contributed by atoms with Crippen molar-refractivity contribution in [3.63, 3.8) is 0 Å². The number of hydrogen-bond acceptors (Lipinski definition) is 10. The summed E-state index contributed by atoms with van der Waals surface area (Å²) in [6, 6.07) is 9.51. The number of piperazine rings is 1. The number of hydrogen-bond donors (Lipinski definition) is 1. The van der Waals surface area contributed by atoms with Crippen LogP contribution in [0.15, 0.2) is 48.6 Å². The van der Waals surface area contributed by atoms with E-state index in [2.05, 4.69) is 26.8 Å². The number of methoxy groups -OCH3 is 2. The number of nitrogens with zero attached hydrogens (tertiary/aromatic N) is 5. The fourth-order valence-corrected chi connectivity index (χ4v) is 6.83. The summed E-state index contributed by atoms with van der Waals surface area (Å²) in [5, 5.41) is 9.67. The highest BCUT2D eigenvalue weighted by Gasteiger charge is 2.51. The van der Waals surface area contributed by atoms with Crippen LogP contribution in [0.5, 0.6) is 17.8 Å². The third-order valence-electron chi connectivity index (χ3n) is 9.31. The molecule has 5 rings (SSSR count). The van der Waals surface area contributed by atoms with E-state index in [4.69, 9.17) is 30.5 Å². The van der Waals surface area contributed by atoms with Crippen LogP contribution in [0.1, 0.15) is 37.3 Å². The minimum Gasteiger partial charge on any atom is -0.481 e. The summed E-state index contributed by atoms with van der Waals surface area (Å²) in [5.41, 5.74) is 1.43. The van der Waals surface area contributed by atoms with E-state index in [0.717, 1.165) is 56.7 Å². The molecule has 2 aliphatic heterocycles. The van der Waals surface area contributed by atoms with Crippen molar-refractivity contribution in [2.75, 3.05) is 73.7 Å². The zero-order valence-electron chi connectivity index (χ0n) is 27.3. The van der Waals surface area contributed by atoms with Crippen molar-refractivity contribution in [1.29, 1.82) is 0 Å². The van der Waals surface area contributed by atoms with Gasteiger partial charge in [0.2, 0.25) is 11.8 Å². The number of alkyl halides is 1. The number of halogens is 1. The van der Waals surface area contributed by atoms with E-state index < -0.39 is 22.5 Å². The standard InChI is InChI=1S/C34H46ClN5O6/c1-33(35)27(25-11-6-5-7-12-25)13-8-15-34(33,46-22-10-16-39-20-18-38(2)19-21-39)24-45-32-36-29(43-3)26(30(37-32)44-4)23-40-17-9-14-28(40)31(41)42/h5-8,11-13,15,28H,9-10,14,16-24H2,1-4H3,(H,41,42)/t28-,33?,34?/m0/s1. The number of likely N-dealkylation sites (tertiary alicyclic amines) is 1. The molecule has 2 aromatic rings. The molecule has 1 N–H and O–H groups in total. The number of allylic oxidation sites excluding steroid dienone is 2. The molecule has 0 bridgehead atoms. The summed E-state index contributed by atoms with van der Waals surface area (Å²) in [6.45, 7) is 8.56. The Hall–Kier alpha value is -3.22. The SMILES string of the molecule is COc1nc(OCC2(OCCCN3CCN(C)CC3)C=CC=C(c3ccccc3)C2(C)Cl)nc(OC)c1CN1CCC[C@H]1C(=O)O. The van der Waals surface area contributed by atoms with Gasteiger partial charge in [0.05, 0.1) is 19.8 Å². The highest BCUT2D eigenvalue weighted by molar-refractivity contribution is 6.31. The van der Waals surface area contributed by atoms with Crippen molar-refractivity contribution in [3.8, 4) is 17.8 Å². The third kappa shape index (κ3) is 7.50. The second-order valence-electron chi connectivity index (χ2n) is 12.3. The van der Waals surface area contributed by atoms with Crippen LogP contribution in [0, 0.1) is 0 Å². The van der Waals surface area contributed by atoms with E-state index in [1.54, 1.807) is 0 Å². The van der Waals surface area contributed by atoms with Gasteiger partial charge in [0.25, 0.3) is 0 Å². The molecule has 0 saturated carbocycles. The van der Waals surface area contributed by atoms with E-state index in [1.807, 2.05) is 60.4 Å². The minimum atomic E-state index is -1.05. The van der Waals surface area contributed by atoms with Gasteiger partial charge in [0.15, 0.2) is 0 Å². The largest absolute Gasteiger partial charge is 0.481 e. The van der Waals surface area contributed by atoms with Crippen LogP contribution in [0.4, 0.5) is 0 Å². The first-order valence-electron chi connectivity index (χ1n) is 15.9. The smallest absolute Gasteiger partial charge is 0.323 e. The van der Waals surface area contributed by atoms with E-state index >= 15 is 0 Å². The van der Waals surface area contributed by atoms with E-state index in [0.29, 0.717) is 25.1 Å². The van der Waals surface area contributed by atoms with Gasteiger partial charge in [0.1, 0.15) is 23.1 Å². The summed E-state index contributed by atoms with van der Waals surface area (Å²) in [6.07, 6.45) is 8.18. The van der Waals surface area contributed by atoms with Crippen molar-refractivity contribution in [2.45, 2.75) is 49.2 Å². The fraction of sp³-hybridized carbons (Fsp3) is 0.559. The molecule has 1 aromatic carbocycles. The second-order valence-corrected chi connectivity index (χ2v) is 13.1. The lowest BCUT2D eigenvalue weighted by atomic mass is 9.76. The summed E-state index contributed by atoms with van der Waals surface area (Å²) < 4.78 is 24.3. The number of benzene rings is 1. The van der Waals surface area contributed by atoms with Gasteiger partial charge in [-0.15, -0.1) is 11.6 Å². The average Bonchev–Trinajstić information content (AvgIpc) is 3.53. The molecule has 1 aromatic heterocycles. The molecule has 3 atom stereocenters. The van der Waals surface area contributed by atoms with Crippen LogP contribution in [0.25, 0.3) is 5.57 Å². The predicted molar refractivity (Wildman–Crippen MR) is 177 cm³/mol. The van der Waals surface area contributed by atoms with Gasteiger partial charge in [-0.3, -0.25) is 9.69 Å². The van der Waals surface area contributed by atoms with Gasteiger partial charge in [0, 0.05) is 45.9 Å². The minimum absolute atomic E-state index is 0.0288. The molecule has 46 heavy (non-hydrogen) atoms. The molecular formula is C34H46ClN5O6. The van der Waals surface area contributed by atoms with Crippen LogP contribution in [-0.4, -0.2) is 126 Å². The predicted octanol–water partition coefficient (Wildman–Crippen LogP) is 3.97. The van der Waals surface area contributed by atoms with Gasteiger partial charge < -0.3 is 33.9 Å². The summed E-state index contributed by atoms with van der Waals surface area (Å²) in [7, 11) is 5.17. The fourth-order valence-electron chi connectivity index (χ4n) is 6.48. The lowest BCUT2D eigenvalue weighted by molar-refractivity contribution is -0.142. The molecule has 2 unspecified atom stereocenters. The molecule has 12 heteroatoms. The molecule has 0 amide bonds. The number of rotatable bonds is 14. The number of carbonyl (C=O) groups is 1. The Kier molecular flexibility index (Phi) is 11.2. The molecule has 3 heterocycles. The number of ether oxygens (including phenoxy) is 4. The molecule has 2 saturated heterocycles. The molecule has 3 aliphatic rings. The topological polar surface area (TPSA) is 110 Å². The van der Waals surface area contributed by atoms with E-state index in [-0.39, 0.29) is 30.9 Å². The Morgan fingerprint density at radius 1 is 1.07 bits per heavy atom. The lowest BCUT2D eigenvalue weighted by Gasteiger charge is -2.45. The molecule has 1 aliphatic carbocycles. The van der Waals surface area contributed by atoms with Crippen LogP contribution in [0.3, 0.4) is 0 Å². The van der Waals surface area contributed by atoms with Crippen molar-refractivity contribution < 1.29 is 28.8 Å². The van der Waals surface area contributed by atoms with Gasteiger partial charge in [-0.2, -0.15) is 9.97 Å². The van der Waals surface area contributed by atoms with Crippen LogP contribution in [0.2, 0.25) is 0 Å². The van der Waals surface area contributed by atoms with Gasteiger partial charge >= 0.3 is 12.0 Å². The maximum absolute atomic E-state index is 11.8. The Morgan fingerprint density at radius 3 is 2.41 bits per heavy atom. The average molecular weight is 656 g/mol. The summed E-state index contributed by atoms with van der Waals surface area (Å²) in [5.74, 6) is -0.325. The van der Waals surface area contributed by atoms with Crippen molar-refractivity contribution in [2.24, 2.45) is 0 Å². The molecule has 250 valence electrons. The molecule has 0 spiro atoms. The van der Waals surface area contributed by atoms with E-state index in [1.165, 1.54) is 14.2 Å². The number of likely N-dealkylation sites (N-methyl/N-ethyl adjacent to an activating group) is 1. The number of carboxylic acid groups (broad SMARTS) is 1.